The molecule has 1 aliphatic rings. The van der Waals surface area contributed by atoms with Crippen molar-refractivity contribution in [1.82, 2.24) is 25.5 Å². The van der Waals surface area contributed by atoms with Gasteiger partial charge in [0.25, 0.3) is 0 Å². The molecule has 0 aliphatic carbocycles. The molecule has 4 heterocycles. The van der Waals surface area contributed by atoms with Gasteiger partial charge in [-0.2, -0.15) is 5.10 Å². The summed E-state index contributed by atoms with van der Waals surface area (Å²) in [5.41, 5.74) is 8.72. The maximum atomic E-state index is 4.41. The van der Waals surface area contributed by atoms with Crippen molar-refractivity contribution in [3.05, 3.63) is 47.3 Å². The van der Waals surface area contributed by atoms with E-state index in [1.165, 1.54) is 51.7 Å². The largest absolute Gasteiger partial charge is 0.354 e. The lowest BCUT2D eigenvalue weighted by Crippen LogP contribution is -2.26. The van der Waals surface area contributed by atoms with Crippen molar-refractivity contribution in [2.24, 2.45) is 0 Å². The second-order valence-electron chi connectivity index (χ2n) is 8.34. The lowest BCUT2D eigenvalue weighted by Gasteiger charge is -2.24. The normalized spacial score (nSPS) is 15.9. The molecule has 0 bridgehead atoms. The van der Waals surface area contributed by atoms with Crippen molar-refractivity contribution in [3.8, 4) is 11.3 Å². The van der Waals surface area contributed by atoms with Crippen molar-refractivity contribution < 1.29 is 0 Å². The number of H-pyrrole nitrogens is 2. The van der Waals surface area contributed by atoms with Crippen LogP contribution in [0.3, 0.4) is 0 Å². The molecule has 0 saturated carbocycles. The third kappa shape index (κ3) is 2.73. The molecule has 0 spiro atoms. The summed E-state index contributed by atoms with van der Waals surface area (Å²) in [6, 6.07) is 6.90. The Labute approximate surface area is 165 Å². The molecule has 0 atom stereocenters. The zero-order valence-corrected chi connectivity index (χ0v) is 16.8. The molecule has 1 aliphatic heterocycles. The Morgan fingerprint density at radius 1 is 1.11 bits per heavy atom. The number of nitrogens with one attached hydrogen (secondary N) is 3. The molecular weight excluding hydrogens is 346 g/mol. The summed E-state index contributed by atoms with van der Waals surface area (Å²) < 4.78 is 0. The molecule has 144 valence electrons. The third-order valence-electron chi connectivity index (χ3n) is 6.21. The number of benzene rings is 1. The zero-order valence-electron chi connectivity index (χ0n) is 16.8. The van der Waals surface area contributed by atoms with Crippen molar-refractivity contribution >= 4 is 21.9 Å². The van der Waals surface area contributed by atoms with E-state index in [1.807, 2.05) is 12.4 Å². The number of piperidine rings is 1. The molecule has 28 heavy (non-hydrogen) atoms. The minimum Gasteiger partial charge on any atom is -0.354 e. The molecule has 5 heteroatoms. The number of aromatic amines is 2. The molecule has 4 aromatic rings. The van der Waals surface area contributed by atoms with Crippen LogP contribution >= 0.6 is 0 Å². The highest BCUT2D eigenvalue weighted by Crippen LogP contribution is 2.40. The fourth-order valence-electron chi connectivity index (χ4n) is 4.84. The molecule has 1 fully saturated rings. The van der Waals surface area contributed by atoms with E-state index in [0.29, 0.717) is 11.8 Å². The predicted molar refractivity (Wildman–Crippen MR) is 115 cm³/mol. The minimum atomic E-state index is 0.419. The van der Waals surface area contributed by atoms with Gasteiger partial charge in [-0.15, -0.1) is 0 Å². The van der Waals surface area contributed by atoms with E-state index in [9.17, 15) is 0 Å². The standard InChI is InChI=1S/C23H27N5/c1-13(2)21-18-11-17(15-4-7-24-8-5-15)14(3)10-20(18)27-22(21)16-6-9-25-23-19(16)12-26-28-23/h6,9-13,15,24,27H,4-5,7-8H2,1-3H3,(H,25,26,28). The molecule has 3 aromatic heterocycles. The Hall–Kier alpha value is -2.66. The van der Waals surface area contributed by atoms with Gasteiger partial charge in [-0.05, 0) is 79.6 Å². The lowest BCUT2D eigenvalue weighted by molar-refractivity contribution is 0.459. The summed E-state index contributed by atoms with van der Waals surface area (Å²) in [7, 11) is 0. The summed E-state index contributed by atoms with van der Waals surface area (Å²) in [6.07, 6.45) is 6.18. The van der Waals surface area contributed by atoms with Crippen LogP contribution in [0.1, 0.15) is 55.2 Å². The number of hydrogen-bond donors (Lipinski definition) is 3. The molecule has 5 rings (SSSR count). The van der Waals surface area contributed by atoms with E-state index in [1.54, 1.807) is 0 Å². The Morgan fingerprint density at radius 3 is 2.71 bits per heavy atom. The van der Waals surface area contributed by atoms with E-state index in [0.717, 1.165) is 24.1 Å². The van der Waals surface area contributed by atoms with E-state index >= 15 is 0 Å². The van der Waals surface area contributed by atoms with Gasteiger partial charge in [-0.1, -0.05) is 13.8 Å². The maximum absolute atomic E-state index is 4.41. The molecule has 1 saturated heterocycles. The average molecular weight is 374 g/mol. The van der Waals surface area contributed by atoms with Gasteiger partial charge >= 0.3 is 0 Å². The first-order valence-corrected chi connectivity index (χ1v) is 10.3. The van der Waals surface area contributed by atoms with Crippen LogP contribution in [0.2, 0.25) is 0 Å². The van der Waals surface area contributed by atoms with Crippen molar-refractivity contribution in [3.63, 3.8) is 0 Å². The Bertz CT molecular complexity index is 1140. The number of hydrogen-bond acceptors (Lipinski definition) is 3. The van der Waals surface area contributed by atoms with Gasteiger partial charge in [0, 0.05) is 28.0 Å². The molecular formula is C23H27N5. The first-order chi connectivity index (χ1) is 13.6. The first-order valence-electron chi connectivity index (χ1n) is 10.3. The molecule has 3 N–H and O–H groups in total. The number of pyridine rings is 1. The average Bonchev–Trinajstić information content (AvgIpc) is 3.31. The molecule has 5 nitrogen and oxygen atoms in total. The van der Waals surface area contributed by atoms with Crippen LogP contribution in [0.25, 0.3) is 33.2 Å². The molecule has 0 radical (unpaired) electrons. The summed E-state index contributed by atoms with van der Waals surface area (Å²) in [5.74, 6) is 1.08. The summed E-state index contributed by atoms with van der Waals surface area (Å²) >= 11 is 0. The van der Waals surface area contributed by atoms with E-state index in [-0.39, 0.29) is 0 Å². The highest BCUT2D eigenvalue weighted by Gasteiger charge is 2.22. The number of fused-ring (bicyclic) bond motifs is 2. The Kier molecular flexibility index (Phi) is 4.20. The predicted octanol–water partition coefficient (Wildman–Crippen LogP) is 5.01. The van der Waals surface area contributed by atoms with Gasteiger partial charge in [0.2, 0.25) is 0 Å². The van der Waals surface area contributed by atoms with Crippen LogP contribution in [0.5, 0.6) is 0 Å². The smallest absolute Gasteiger partial charge is 0.155 e. The second-order valence-corrected chi connectivity index (χ2v) is 8.34. The Balaban J connectivity index is 1.74. The van der Waals surface area contributed by atoms with Gasteiger partial charge in [0.1, 0.15) is 0 Å². The van der Waals surface area contributed by atoms with Gasteiger partial charge < -0.3 is 10.3 Å². The summed E-state index contributed by atoms with van der Waals surface area (Å²) in [5, 5.41) is 13.1. The SMILES string of the molecule is Cc1cc2[nH]c(-c3ccnc4[nH]ncc34)c(C(C)C)c2cc1C1CCNCC1. The van der Waals surface area contributed by atoms with Gasteiger partial charge in [0.15, 0.2) is 5.65 Å². The van der Waals surface area contributed by atoms with Crippen LogP contribution in [0, 0.1) is 6.92 Å². The van der Waals surface area contributed by atoms with Crippen molar-refractivity contribution in [1.29, 1.82) is 0 Å². The summed E-state index contributed by atoms with van der Waals surface area (Å²) in [6.45, 7) is 9.06. The third-order valence-corrected chi connectivity index (χ3v) is 6.21. The maximum Gasteiger partial charge on any atom is 0.155 e. The number of rotatable bonds is 3. The van der Waals surface area contributed by atoms with Crippen LogP contribution in [0.15, 0.2) is 30.6 Å². The highest BCUT2D eigenvalue weighted by atomic mass is 15.1. The highest BCUT2D eigenvalue weighted by molar-refractivity contribution is 5.99. The fourth-order valence-corrected chi connectivity index (χ4v) is 4.84. The van der Waals surface area contributed by atoms with E-state index in [2.05, 4.69) is 64.5 Å². The molecule has 0 unspecified atom stereocenters. The lowest BCUT2D eigenvalue weighted by atomic mass is 9.85. The van der Waals surface area contributed by atoms with Gasteiger partial charge in [-0.25, -0.2) is 4.98 Å². The summed E-state index contributed by atoms with van der Waals surface area (Å²) in [4.78, 5) is 8.14. The van der Waals surface area contributed by atoms with Crippen LogP contribution in [-0.2, 0) is 0 Å². The number of nitrogens with zero attached hydrogens (tertiary/aromatic N) is 2. The van der Waals surface area contributed by atoms with Crippen molar-refractivity contribution in [2.75, 3.05) is 13.1 Å². The molecule has 1 aromatic carbocycles. The van der Waals surface area contributed by atoms with E-state index < -0.39 is 0 Å². The van der Waals surface area contributed by atoms with Gasteiger partial charge in [0.05, 0.1) is 11.9 Å². The Morgan fingerprint density at radius 2 is 1.93 bits per heavy atom. The number of aryl methyl sites for hydroxylation is 1. The molecule has 0 amide bonds. The van der Waals surface area contributed by atoms with E-state index in [4.69, 9.17) is 0 Å². The quantitative estimate of drug-likeness (QED) is 0.473. The van der Waals surface area contributed by atoms with Crippen LogP contribution in [0.4, 0.5) is 0 Å². The first kappa shape index (κ1) is 17.4. The zero-order chi connectivity index (χ0) is 19.3. The monoisotopic (exact) mass is 373 g/mol. The van der Waals surface area contributed by atoms with Gasteiger partial charge in [-0.3, -0.25) is 5.10 Å². The topological polar surface area (TPSA) is 69.4 Å². The van der Waals surface area contributed by atoms with Crippen LogP contribution in [-0.4, -0.2) is 33.3 Å². The second kappa shape index (κ2) is 6.74. The minimum absolute atomic E-state index is 0.419. The fraction of sp³-hybridized carbons (Fsp3) is 0.391. The number of aromatic nitrogens is 4. The van der Waals surface area contributed by atoms with Crippen molar-refractivity contribution in [2.45, 2.75) is 45.4 Å². The van der Waals surface area contributed by atoms with Crippen LogP contribution < -0.4 is 5.32 Å².